The van der Waals surface area contributed by atoms with E-state index in [1.54, 1.807) is 0 Å². The van der Waals surface area contributed by atoms with Gasteiger partial charge in [0.2, 0.25) is 5.91 Å². The van der Waals surface area contributed by atoms with Crippen LogP contribution in [0.15, 0.2) is 59.6 Å². The molecule has 0 bridgehead atoms. The Morgan fingerprint density at radius 2 is 1.84 bits per heavy atom. The number of amides is 1. The Morgan fingerprint density at radius 3 is 2.52 bits per heavy atom. The molecule has 1 amide bonds. The average Bonchev–Trinajstić information content (AvgIpc) is 3.11. The number of carbonyl (C=O) groups is 1. The number of hydrogen-bond donors (Lipinski definition) is 3. The van der Waals surface area contributed by atoms with Crippen molar-refractivity contribution >= 4 is 17.6 Å². The molecule has 1 aliphatic heterocycles. The van der Waals surface area contributed by atoms with Crippen LogP contribution in [0.3, 0.4) is 0 Å². The van der Waals surface area contributed by atoms with Crippen LogP contribution in [-0.4, -0.2) is 42.4 Å². The number of nitrogens with zero attached hydrogens (tertiary/aromatic N) is 2. The van der Waals surface area contributed by atoms with Gasteiger partial charge in [0.25, 0.3) is 0 Å². The molecular weight excluding hydrogens is 386 g/mol. The van der Waals surface area contributed by atoms with Crippen LogP contribution in [-0.2, 0) is 17.9 Å². The molecule has 0 spiro atoms. The van der Waals surface area contributed by atoms with Crippen LogP contribution in [0.2, 0.25) is 0 Å². The third-order valence-electron chi connectivity index (χ3n) is 5.67. The molecule has 3 N–H and O–H groups in total. The molecule has 166 valence electrons. The fraction of sp³-hybridized carbons (Fsp3) is 0.440. The lowest BCUT2D eigenvalue weighted by molar-refractivity contribution is -0.116. The van der Waals surface area contributed by atoms with Crippen molar-refractivity contribution in [3.63, 3.8) is 0 Å². The summed E-state index contributed by atoms with van der Waals surface area (Å²) in [6.07, 6.45) is 2.50. The predicted molar refractivity (Wildman–Crippen MR) is 128 cm³/mol. The normalized spacial score (nSPS) is 19.3. The van der Waals surface area contributed by atoms with E-state index in [2.05, 4.69) is 63.1 Å². The van der Waals surface area contributed by atoms with Crippen LogP contribution in [0.5, 0.6) is 0 Å². The zero-order chi connectivity index (χ0) is 22.1. The first-order chi connectivity index (χ1) is 15.1. The Morgan fingerprint density at radius 1 is 1.10 bits per heavy atom. The van der Waals surface area contributed by atoms with E-state index in [0.29, 0.717) is 25.0 Å². The Bertz CT molecular complexity index is 850. The highest BCUT2D eigenvalue weighted by molar-refractivity contribution is 5.90. The first-order valence-corrected chi connectivity index (χ1v) is 11.2. The van der Waals surface area contributed by atoms with Crippen LogP contribution >= 0.6 is 0 Å². The number of guanidine groups is 1. The quantitative estimate of drug-likeness (QED) is 0.449. The van der Waals surface area contributed by atoms with Crippen LogP contribution in [0.4, 0.5) is 5.69 Å². The molecule has 6 nitrogen and oxygen atoms in total. The largest absolute Gasteiger partial charge is 0.352 e. The first-order valence-electron chi connectivity index (χ1n) is 11.2. The van der Waals surface area contributed by atoms with Crippen molar-refractivity contribution in [2.75, 3.05) is 18.9 Å². The fourth-order valence-corrected chi connectivity index (χ4v) is 3.97. The van der Waals surface area contributed by atoms with E-state index in [4.69, 9.17) is 0 Å². The highest BCUT2D eigenvalue weighted by Crippen LogP contribution is 2.20. The number of anilines is 1. The lowest BCUT2D eigenvalue weighted by atomic mass is 10.2. The summed E-state index contributed by atoms with van der Waals surface area (Å²) in [5.41, 5.74) is 3.33. The lowest BCUT2D eigenvalue weighted by Crippen LogP contribution is -2.44. The highest BCUT2D eigenvalue weighted by Gasteiger charge is 2.29. The number of benzene rings is 2. The topological polar surface area (TPSA) is 68.8 Å². The van der Waals surface area contributed by atoms with Crippen molar-refractivity contribution in [3.8, 4) is 0 Å². The van der Waals surface area contributed by atoms with Crippen molar-refractivity contribution < 1.29 is 4.79 Å². The van der Waals surface area contributed by atoms with E-state index in [1.165, 1.54) is 5.56 Å². The van der Waals surface area contributed by atoms with Crippen LogP contribution in [0.1, 0.15) is 44.2 Å². The molecule has 31 heavy (non-hydrogen) atoms. The summed E-state index contributed by atoms with van der Waals surface area (Å²) in [4.78, 5) is 18.6. The molecule has 0 aliphatic carbocycles. The van der Waals surface area contributed by atoms with Gasteiger partial charge in [0.1, 0.15) is 0 Å². The van der Waals surface area contributed by atoms with Gasteiger partial charge in [0, 0.05) is 50.9 Å². The van der Waals surface area contributed by atoms with Gasteiger partial charge in [-0.2, -0.15) is 0 Å². The molecule has 1 saturated heterocycles. The summed E-state index contributed by atoms with van der Waals surface area (Å²) in [7, 11) is 1.81. The second kappa shape index (κ2) is 11.5. The third kappa shape index (κ3) is 7.10. The number of likely N-dealkylation sites (tertiary alicyclic amines) is 1. The van der Waals surface area contributed by atoms with E-state index >= 15 is 0 Å². The van der Waals surface area contributed by atoms with Gasteiger partial charge in [-0.15, -0.1) is 0 Å². The monoisotopic (exact) mass is 421 g/mol. The third-order valence-corrected chi connectivity index (χ3v) is 5.67. The van der Waals surface area contributed by atoms with Gasteiger partial charge in [-0.25, -0.2) is 0 Å². The summed E-state index contributed by atoms with van der Waals surface area (Å²) in [6.45, 7) is 6.96. The molecule has 0 saturated carbocycles. The lowest BCUT2D eigenvalue weighted by Gasteiger charge is -2.21. The first kappa shape index (κ1) is 22.8. The molecule has 2 aromatic rings. The van der Waals surface area contributed by atoms with Gasteiger partial charge in [0.15, 0.2) is 5.96 Å². The molecule has 1 heterocycles. The van der Waals surface area contributed by atoms with Crippen molar-refractivity contribution in [3.05, 3.63) is 65.7 Å². The maximum absolute atomic E-state index is 11.7. The molecule has 2 unspecified atom stereocenters. The predicted octanol–water partition coefficient (Wildman–Crippen LogP) is 3.75. The molecule has 0 radical (unpaired) electrons. The summed E-state index contributed by atoms with van der Waals surface area (Å²) in [6, 6.07) is 19.5. The maximum atomic E-state index is 11.7. The van der Waals surface area contributed by atoms with E-state index in [1.807, 2.05) is 38.2 Å². The number of aliphatic imine (C=N–C) groups is 1. The molecule has 1 fully saturated rings. The second-order valence-electron chi connectivity index (χ2n) is 8.26. The van der Waals surface area contributed by atoms with E-state index in [0.717, 1.165) is 43.1 Å². The van der Waals surface area contributed by atoms with Gasteiger partial charge in [-0.3, -0.25) is 14.7 Å². The SMILES string of the molecule is CCCC(=O)Nc1ccc(CNC(=NC)NC2CC(C)N(Cc3ccccc3)C2)cc1. The van der Waals surface area contributed by atoms with Gasteiger partial charge in [0.05, 0.1) is 0 Å². The van der Waals surface area contributed by atoms with Gasteiger partial charge < -0.3 is 16.0 Å². The summed E-state index contributed by atoms with van der Waals surface area (Å²) in [5.74, 6) is 0.879. The second-order valence-corrected chi connectivity index (χ2v) is 8.26. The zero-order valence-electron chi connectivity index (χ0n) is 18.9. The van der Waals surface area contributed by atoms with E-state index in [9.17, 15) is 4.79 Å². The van der Waals surface area contributed by atoms with E-state index < -0.39 is 0 Å². The highest BCUT2D eigenvalue weighted by atomic mass is 16.1. The Labute approximate surface area is 186 Å². The van der Waals surface area contributed by atoms with Crippen molar-refractivity contribution in [1.29, 1.82) is 0 Å². The Balaban J connectivity index is 1.46. The molecule has 3 rings (SSSR count). The number of hydrogen-bond acceptors (Lipinski definition) is 3. The molecule has 6 heteroatoms. The van der Waals surface area contributed by atoms with Crippen LogP contribution < -0.4 is 16.0 Å². The van der Waals surface area contributed by atoms with Crippen molar-refractivity contribution in [2.24, 2.45) is 4.99 Å². The fourth-order valence-electron chi connectivity index (χ4n) is 3.97. The van der Waals surface area contributed by atoms with Crippen LogP contribution in [0, 0.1) is 0 Å². The standard InChI is InChI=1S/C25H35N5O/c1-4-8-24(31)28-22-13-11-20(12-14-22)16-27-25(26-3)29-23-15-19(2)30(18-23)17-21-9-6-5-7-10-21/h5-7,9-14,19,23H,4,8,15-18H2,1-3H3,(H,28,31)(H2,26,27,29). The van der Waals surface area contributed by atoms with Gasteiger partial charge >= 0.3 is 0 Å². The molecule has 1 aliphatic rings. The molecular formula is C25H35N5O. The number of carbonyl (C=O) groups excluding carboxylic acids is 1. The smallest absolute Gasteiger partial charge is 0.224 e. The molecule has 0 aromatic heterocycles. The minimum atomic E-state index is 0.0603. The minimum absolute atomic E-state index is 0.0603. The summed E-state index contributed by atoms with van der Waals surface area (Å²) >= 11 is 0. The van der Waals surface area contributed by atoms with Crippen molar-refractivity contribution in [2.45, 2.75) is 58.3 Å². The van der Waals surface area contributed by atoms with Crippen LogP contribution in [0.25, 0.3) is 0 Å². The van der Waals surface area contributed by atoms with Crippen molar-refractivity contribution in [1.82, 2.24) is 15.5 Å². The number of rotatable bonds is 8. The molecule has 2 aromatic carbocycles. The van der Waals surface area contributed by atoms with Gasteiger partial charge in [-0.05, 0) is 43.0 Å². The average molecular weight is 422 g/mol. The molecule has 2 atom stereocenters. The Hall–Kier alpha value is -2.86. The maximum Gasteiger partial charge on any atom is 0.224 e. The minimum Gasteiger partial charge on any atom is -0.352 e. The van der Waals surface area contributed by atoms with Gasteiger partial charge in [-0.1, -0.05) is 49.4 Å². The number of nitrogens with one attached hydrogen (secondary N) is 3. The Kier molecular flexibility index (Phi) is 8.47. The van der Waals surface area contributed by atoms with E-state index in [-0.39, 0.29) is 5.91 Å². The summed E-state index contributed by atoms with van der Waals surface area (Å²) in [5, 5.41) is 9.90. The zero-order valence-corrected chi connectivity index (χ0v) is 18.9. The summed E-state index contributed by atoms with van der Waals surface area (Å²) < 4.78 is 0.